The van der Waals surface area contributed by atoms with Crippen molar-refractivity contribution >= 4 is 17.5 Å². The molecule has 6 heteroatoms. The molecule has 1 aliphatic carbocycles. The highest BCUT2D eigenvalue weighted by Gasteiger charge is 2.39. The summed E-state index contributed by atoms with van der Waals surface area (Å²) in [6.07, 6.45) is 3.89. The summed E-state index contributed by atoms with van der Waals surface area (Å²) in [7, 11) is 1.80. The quantitative estimate of drug-likeness (QED) is 0.801. The van der Waals surface area contributed by atoms with Gasteiger partial charge in [-0.3, -0.25) is 14.6 Å². The van der Waals surface area contributed by atoms with Gasteiger partial charge in [-0.1, -0.05) is 38.1 Å². The zero-order chi connectivity index (χ0) is 21.3. The Morgan fingerprint density at radius 2 is 2.07 bits per heavy atom. The summed E-state index contributed by atoms with van der Waals surface area (Å²) in [5.41, 5.74) is 4.71. The summed E-state index contributed by atoms with van der Waals surface area (Å²) in [6, 6.07) is 13.0. The van der Waals surface area contributed by atoms with Gasteiger partial charge in [-0.15, -0.1) is 0 Å². The van der Waals surface area contributed by atoms with Crippen LogP contribution in [0.5, 0.6) is 0 Å². The first-order chi connectivity index (χ1) is 14.3. The van der Waals surface area contributed by atoms with E-state index >= 15 is 0 Å². The molecule has 2 amide bonds. The second-order valence-electron chi connectivity index (χ2n) is 9.05. The van der Waals surface area contributed by atoms with Gasteiger partial charge in [-0.25, -0.2) is 0 Å². The van der Waals surface area contributed by atoms with Crippen LogP contribution in [0.25, 0.3) is 0 Å². The van der Waals surface area contributed by atoms with Crippen LogP contribution in [0.3, 0.4) is 0 Å². The largest absolute Gasteiger partial charge is 0.380 e. The van der Waals surface area contributed by atoms with E-state index in [1.165, 1.54) is 11.1 Å². The zero-order valence-corrected chi connectivity index (χ0v) is 17.9. The van der Waals surface area contributed by atoms with Crippen molar-refractivity contribution in [3.63, 3.8) is 0 Å². The number of benzene rings is 1. The zero-order valence-electron chi connectivity index (χ0n) is 17.9. The van der Waals surface area contributed by atoms with Crippen LogP contribution in [0.2, 0.25) is 0 Å². The van der Waals surface area contributed by atoms with Crippen LogP contribution in [-0.4, -0.2) is 41.3 Å². The summed E-state index contributed by atoms with van der Waals surface area (Å²) in [6.45, 7) is 5.46. The van der Waals surface area contributed by atoms with Crippen molar-refractivity contribution in [3.8, 4) is 0 Å². The van der Waals surface area contributed by atoms with Gasteiger partial charge in [0, 0.05) is 31.5 Å². The van der Waals surface area contributed by atoms with Gasteiger partial charge >= 0.3 is 0 Å². The highest BCUT2D eigenvalue weighted by Crippen LogP contribution is 2.39. The number of piperidine rings is 1. The van der Waals surface area contributed by atoms with Crippen molar-refractivity contribution in [1.82, 2.24) is 15.2 Å². The van der Waals surface area contributed by atoms with Crippen LogP contribution in [0.1, 0.15) is 43.5 Å². The molecular weight excluding hydrogens is 376 g/mol. The van der Waals surface area contributed by atoms with E-state index in [1.54, 1.807) is 11.9 Å². The van der Waals surface area contributed by atoms with Crippen LogP contribution in [0.15, 0.2) is 42.6 Å². The fourth-order valence-electron chi connectivity index (χ4n) is 4.60. The molecule has 2 heterocycles. The molecule has 6 nitrogen and oxygen atoms in total. The van der Waals surface area contributed by atoms with Crippen LogP contribution in [0.4, 0.5) is 5.69 Å². The normalized spacial score (nSPS) is 22.2. The van der Waals surface area contributed by atoms with Gasteiger partial charge in [0.05, 0.1) is 30.0 Å². The number of carbonyl (C=O) groups excluding carboxylic acids is 2. The molecule has 1 aromatic carbocycles. The maximum atomic E-state index is 12.6. The van der Waals surface area contributed by atoms with E-state index in [4.69, 9.17) is 0 Å². The maximum absolute atomic E-state index is 12.6. The summed E-state index contributed by atoms with van der Waals surface area (Å²) in [4.78, 5) is 30.2. The monoisotopic (exact) mass is 406 g/mol. The van der Waals surface area contributed by atoms with Gasteiger partial charge in [0.25, 0.3) is 0 Å². The average molecular weight is 407 g/mol. The number of hydrogen-bond acceptors (Lipinski definition) is 4. The van der Waals surface area contributed by atoms with E-state index < -0.39 is 0 Å². The molecule has 0 saturated carbocycles. The van der Waals surface area contributed by atoms with E-state index in [1.807, 2.05) is 18.3 Å². The first-order valence-corrected chi connectivity index (χ1v) is 10.7. The Balaban J connectivity index is 1.35. The minimum absolute atomic E-state index is 0.0278. The second-order valence-corrected chi connectivity index (χ2v) is 9.05. The van der Waals surface area contributed by atoms with E-state index in [0.717, 1.165) is 17.8 Å². The average Bonchev–Trinajstić information content (AvgIpc) is 2.99. The smallest absolute Gasteiger partial charge is 0.227 e. The van der Waals surface area contributed by atoms with Crippen LogP contribution in [-0.2, 0) is 28.0 Å². The molecule has 2 unspecified atom stereocenters. The van der Waals surface area contributed by atoms with E-state index in [9.17, 15) is 9.59 Å². The minimum Gasteiger partial charge on any atom is -0.380 e. The summed E-state index contributed by atoms with van der Waals surface area (Å²) in [5.74, 6) is -0.0515. The fourth-order valence-corrected chi connectivity index (χ4v) is 4.60. The minimum atomic E-state index is -0.139. The van der Waals surface area contributed by atoms with Crippen molar-refractivity contribution in [2.75, 3.05) is 18.9 Å². The lowest BCUT2D eigenvalue weighted by Gasteiger charge is -2.30. The Morgan fingerprint density at radius 3 is 2.73 bits per heavy atom. The number of carbonyl (C=O) groups is 2. The molecule has 2 aromatic rings. The molecule has 2 atom stereocenters. The lowest BCUT2D eigenvalue weighted by molar-refractivity contribution is -0.136. The molecule has 1 fully saturated rings. The molecule has 0 radical (unpaired) electrons. The first kappa shape index (κ1) is 20.4. The number of hydrogen-bond donors (Lipinski definition) is 2. The number of fused-ring (bicyclic) bond motifs is 1. The number of aromatic nitrogens is 1. The van der Waals surface area contributed by atoms with Gasteiger partial charge in [-0.2, -0.15) is 0 Å². The van der Waals surface area contributed by atoms with E-state index in [2.05, 4.69) is 53.7 Å². The fraction of sp³-hybridized carbons (Fsp3) is 0.458. The molecule has 0 bridgehead atoms. The van der Waals surface area contributed by atoms with Crippen LogP contribution in [0, 0.1) is 5.92 Å². The van der Waals surface area contributed by atoms with Crippen molar-refractivity contribution in [3.05, 3.63) is 59.4 Å². The summed E-state index contributed by atoms with van der Waals surface area (Å²) < 4.78 is 0. The maximum Gasteiger partial charge on any atom is 0.227 e. The highest BCUT2D eigenvalue weighted by atomic mass is 16.2. The molecule has 2 N–H and O–H groups in total. The first-order valence-electron chi connectivity index (χ1n) is 10.7. The molecule has 1 saturated heterocycles. The Morgan fingerprint density at radius 1 is 1.27 bits per heavy atom. The standard InChI is InChI=1S/C24H30N4O2/c1-24(2)20-7-5-4-6-16(20)12-21(24)27-18-9-10-19(25-14-18)15-28(3)23(30)17-8-11-22(29)26-13-17/h4-7,9-10,14,17,21,27H,8,11-13,15H2,1-3H3,(H,26,29). The Labute approximate surface area is 178 Å². The lowest BCUT2D eigenvalue weighted by atomic mass is 9.83. The molecule has 1 aromatic heterocycles. The third-order valence-corrected chi connectivity index (χ3v) is 6.56. The number of anilines is 1. The summed E-state index contributed by atoms with van der Waals surface area (Å²) >= 11 is 0. The number of pyridine rings is 1. The number of amides is 2. The molecule has 4 rings (SSSR count). The van der Waals surface area contributed by atoms with Crippen molar-refractivity contribution in [2.24, 2.45) is 5.92 Å². The Kier molecular flexibility index (Phi) is 5.50. The third-order valence-electron chi connectivity index (χ3n) is 6.56. The Hall–Kier alpha value is -2.89. The van der Waals surface area contributed by atoms with Crippen LogP contribution >= 0.6 is 0 Å². The highest BCUT2D eigenvalue weighted by molar-refractivity contribution is 5.83. The molecule has 2 aliphatic rings. The third kappa shape index (κ3) is 4.04. The predicted molar refractivity (Wildman–Crippen MR) is 117 cm³/mol. The van der Waals surface area contributed by atoms with Gasteiger partial charge in [-0.05, 0) is 36.1 Å². The topological polar surface area (TPSA) is 74.3 Å². The van der Waals surface area contributed by atoms with Crippen LogP contribution < -0.4 is 10.6 Å². The van der Waals surface area contributed by atoms with Crippen molar-refractivity contribution in [2.45, 2.75) is 51.1 Å². The number of nitrogens with zero attached hydrogens (tertiary/aromatic N) is 2. The summed E-state index contributed by atoms with van der Waals surface area (Å²) in [5, 5.41) is 6.43. The molecule has 1 aliphatic heterocycles. The molecular formula is C24H30N4O2. The predicted octanol–water partition coefficient (Wildman–Crippen LogP) is 2.88. The van der Waals surface area contributed by atoms with Gasteiger partial charge in [0.15, 0.2) is 0 Å². The van der Waals surface area contributed by atoms with Gasteiger partial charge in [0.1, 0.15) is 0 Å². The number of nitrogens with one attached hydrogen (secondary N) is 2. The second kappa shape index (κ2) is 8.09. The van der Waals surface area contributed by atoms with Crippen molar-refractivity contribution in [1.29, 1.82) is 0 Å². The number of rotatable bonds is 5. The van der Waals surface area contributed by atoms with E-state index in [0.29, 0.717) is 32.0 Å². The van der Waals surface area contributed by atoms with Gasteiger partial charge < -0.3 is 15.5 Å². The van der Waals surface area contributed by atoms with Gasteiger partial charge in [0.2, 0.25) is 11.8 Å². The van der Waals surface area contributed by atoms with E-state index in [-0.39, 0.29) is 23.1 Å². The molecule has 30 heavy (non-hydrogen) atoms. The SMILES string of the molecule is CN(Cc1ccc(NC2Cc3ccccc3C2(C)C)cn1)C(=O)C1CCC(=O)NC1. The molecule has 0 spiro atoms. The lowest BCUT2D eigenvalue weighted by Crippen LogP contribution is -2.43. The molecule has 158 valence electrons. The van der Waals surface area contributed by atoms with Crippen molar-refractivity contribution < 1.29 is 9.59 Å². The Bertz CT molecular complexity index is 928.